The van der Waals surface area contributed by atoms with Gasteiger partial charge in [-0.15, -0.1) is 22.7 Å². The lowest BCUT2D eigenvalue weighted by Crippen LogP contribution is -2.03. The minimum Gasteiger partial charge on any atom is -0.342 e. The lowest BCUT2D eigenvalue weighted by atomic mass is 9.91. The van der Waals surface area contributed by atoms with Gasteiger partial charge < -0.3 is 9.97 Å². The second-order valence-electron chi connectivity index (χ2n) is 11.1. The lowest BCUT2D eigenvalue weighted by Gasteiger charge is -2.16. The number of hydrogen-bond acceptors (Lipinski definition) is 4. The number of nitrogens with zero attached hydrogens (tertiary/aromatic N) is 2. The number of hydrogen-bond donors (Lipinski definition) is 2. The Morgan fingerprint density at radius 1 is 0.789 bits per heavy atom. The van der Waals surface area contributed by atoms with Crippen LogP contribution in [0.15, 0.2) is 47.8 Å². The third-order valence-corrected chi connectivity index (χ3v) is 10.2. The molecule has 0 spiro atoms. The van der Waals surface area contributed by atoms with Crippen molar-refractivity contribution in [3.05, 3.63) is 70.8 Å². The molecule has 7 aromatic rings. The quantitative estimate of drug-likeness (QED) is 0.238. The molecule has 0 radical (unpaired) electrons. The molecule has 1 aliphatic rings. The van der Waals surface area contributed by atoms with Crippen molar-refractivity contribution in [1.29, 1.82) is 0 Å². The van der Waals surface area contributed by atoms with Crippen LogP contribution in [0.3, 0.4) is 0 Å². The van der Waals surface area contributed by atoms with E-state index in [0.717, 1.165) is 35.5 Å². The maximum Gasteiger partial charge on any atom is 0.109 e. The van der Waals surface area contributed by atoms with E-state index in [1.165, 1.54) is 63.9 Å². The first-order valence-corrected chi connectivity index (χ1v) is 15.1. The normalized spacial score (nSPS) is 13.5. The summed E-state index contributed by atoms with van der Waals surface area (Å²) in [7, 11) is 0. The summed E-state index contributed by atoms with van der Waals surface area (Å²) >= 11 is 3.74. The molecule has 0 bridgehead atoms. The van der Waals surface area contributed by atoms with E-state index in [2.05, 4.69) is 85.5 Å². The van der Waals surface area contributed by atoms with Gasteiger partial charge in [0.25, 0.3) is 0 Å². The standard InChI is InChI=1S/C32H28N4S2/c1-15(2)31-33-24-10-9-21-19(26(24)34-31)8-6-18-14-25(38-29(18)21)17-5-7-20-23(13-17)30-22(11-12-37-30)28-27(20)35-32(36-28)16(3)4/h5-8,11-16H,9-10H2,1-4H3,(H,33,34)(H,35,36). The van der Waals surface area contributed by atoms with Crippen molar-refractivity contribution in [2.75, 3.05) is 0 Å². The summed E-state index contributed by atoms with van der Waals surface area (Å²) in [6, 6.07) is 16.2. The van der Waals surface area contributed by atoms with E-state index in [0.29, 0.717) is 11.8 Å². The Morgan fingerprint density at radius 3 is 2.47 bits per heavy atom. The number of nitrogens with one attached hydrogen (secondary N) is 2. The number of aryl methyl sites for hydroxylation is 2. The molecule has 38 heavy (non-hydrogen) atoms. The number of aromatic amines is 2. The Balaban J connectivity index is 1.30. The lowest BCUT2D eigenvalue weighted by molar-refractivity contribution is 0.787. The van der Waals surface area contributed by atoms with E-state index in [4.69, 9.17) is 9.97 Å². The first kappa shape index (κ1) is 22.5. The van der Waals surface area contributed by atoms with Crippen LogP contribution in [0.4, 0.5) is 0 Å². The van der Waals surface area contributed by atoms with Gasteiger partial charge in [0, 0.05) is 47.8 Å². The highest BCUT2D eigenvalue weighted by Gasteiger charge is 2.24. The van der Waals surface area contributed by atoms with Crippen molar-refractivity contribution >= 4 is 64.7 Å². The maximum atomic E-state index is 4.99. The number of aromatic nitrogens is 4. The fourth-order valence-electron chi connectivity index (χ4n) is 6.00. The Labute approximate surface area is 228 Å². The van der Waals surface area contributed by atoms with Crippen molar-refractivity contribution in [2.45, 2.75) is 52.4 Å². The van der Waals surface area contributed by atoms with Crippen molar-refractivity contribution in [1.82, 2.24) is 19.9 Å². The van der Waals surface area contributed by atoms with E-state index >= 15 is 0 Å². The molecular weight excluding hydrogens is 505 g/mol. The van der Waals surface area contributed by atoms with E-state index in [1.54, 1.807) is 0 Å². The van der Waals surface area contributed by atoms with Gasteiger partial charge >= 0.3 is 0 Å². The molecule has 188 valence electrons. The van der Waals surface area contributed by atoms with Gasteiger partial charge in [0.15, 0.2) is 0 Å². The fourth-order valence-corrected chi connectivity index (χ4v) is 8.16. The Kier molecular flexibility index (Phi) is 4.74. The van der Waals surface area contributed by atoms with Gasteiger partial charge in [-0.2, -0.15) is 0 Å². The number of H-pyrrole nitrogens is 2. The van der Waals surface area contributed by atoms with E-state index in [1.807, 2.05) is 22.7 Å². The van der Waals surface area contributed by atoms with Crippen molar-refractivity contribution in [3.63, 3.8) is 0 Å². The van der Waals surface area contributed by atoms with Crippen molar-refractivity contribution in [2.24, 2.45) is 0 Å². The summed E-state index contributed by atoms with van der Waals surface area (Å²) in [6.07, 6.45) is 2.05. The maximum absolute atomic E-state index is 4.99. The minimum absolute atomic E-state index is 0.365. The highest BCUT2D eigenvalue weighted by Crippen LogP contribution is 2.44. The molecule has 2 N–H and O–H groups in total. The van der Waals surface area contributed by atoms with Crippen LogP contribution in [0, 0.1) is 0 Å². The van der Waals surface area contributed by atoms with Gasteiger partial charge in [-0.05, 0) is 52.9 Å². The SMILES string of the molecule is CC(C)c1nc2c([nH]1)-c1ccc3cc(-c4ccc5c(c4)c4sccc4c4nc(C(C)C)[nH]c54)sc3c1CC2. The molecule has 0 fully saturated rings. The van der Waals surface area contributed by atoms with Gasteiger partial charge in [-0.1, -0.05) is 52.0 Å². The van der Waals surface area contributed by atoms with Crippen LogP contribution < -0.4 is 0 Å². The third kappa shape index (κ3) is 3.13. The second kappa shape index (κ2) is 8.01. The van der Waals surface area contributed by atoms with Gasteiger partial charge in [0.05, 0.1) is 22.4 Å². The van der Waals surface area contributed by atoms with Crippen LogP contribution in [0.5, 0.6) is 0 Å². The van der Waals surface area contributed by atoms with Crippen LogP contribution in [-0.2, 0) is 12.8 Å². The molecular formula is C32H28N4S2. The predicted molar refractivity (Wildman–Crippen MR) is 163 cm³/mol. The highest BCUT2D eigenvalue weighted by molar-refractivity contribution is 7.22. The first-order chi connectivity index (χ1) is 18.5. The zero-order chi connectivity index (χ0) is 25.7. The molecule has 4 heterocycles. The second-order valence-corrected chi connectivity index (χ2v) is 13.1. The molecule has 3 aromatic carbocycles. The molecule has 0 aliphatic heterocycles. The largest absolute Gasteiger partial charge is 0.342 e. The van der Waals surface area contributed by atoms with E-state index in [-0.39, 0.29) is 0 Å². The van der Waals surface area contributed by atoms with Gasteiger partial charge in [0.2, 0.25) is 0 Å². The van der Waals surface area contributed by atoms with Gasteiger partial charge in [-0.3, -0.25) is 0 Å². The van der Waals surface area contributed by atoms with Crippen LogP contribution in [0.2, 0.25) is 0 Å². The van der Waals surface area contributed by atoms with Crippen molar-refractivity contribution < 1.29 is 0 Å². The molecule has 0 saturated carbocycles. The van der Waals surface area contributed by atoms with Gasteiger partial charge in [-0.25, -0.2) is 9.97 Å². The molecule has 4 aromatic heterocycles. The number of rotatable bonds is 3. The van der Waals surface area contributed by atoms with Gasteiger partial charge in [0.1, 0.15) is 11.6 Å². The van der Waals surface area contributed by atoms with E-state index in [9.17, 15) is 0 Å². The summed E-state index contributed by atoms with van der Waals surface area (Å²) in [4.78, 5) is 18.5. The Morgan fingerprint density at radius 2 is 1.63 bits per heavy atom. The van der Waals surface area contributed by atoms with Crippen LogP contribution in [0.25, 0.3) is 63.7 Å². The summed E-state index contributed by atoms with van der Waals surface area (Å²) in [5.41, 5.74) is 8.77. The van der Waals surface area contributed by atoms with Crippen LogP contribution in [0.1, 0.15) is 62.4 Å². The molecule has 0 saturated heterocycles. The molecule has 8 rings (SSSR count). The molecule has 0 amide bonds. The molecule has 4 nitrogen and oxygen atoms in total. The average molecular weight is 533 g/mol. The topological polar surface area (TPSA) is 57.4 Å². The Hall–Kier alpha value is -3.48. The summed E-state index contributed by atoms with van der Waals surface area (Å²) in [5, 5.41) is 7.34. The number of benzene rings is 3. The summed E-state index contributed by atoms with van der Waals surface area (Å²) in [6.45, 7) is 8.79. The molecule has 1 aliphatic carbocycles. The monoisotopic (exact) mass is 532 g/mol. The zero-order valence-electron chi connectivity index (χ0n) is 21.9. The Bertz CT molecular complexity index is 2050. The van der Waals surface area contributed by atoms with E-state index < -0.39 is 0 Å². The van der Waals surface area contributed by atoms with Crippen LogP contribution >= 0.6 is 22.7 Å². The molecule has 0 atom stereocenters. The predicted octanol–water partition coefficient (Wildman–Crippen LogP) is 9.55. The number of thiophene rings is 2. The van der Waals surface area contributed by atoms with Crippen LogP contribution in [-0.4, -0.2) is 19.9 Å². The first-order valence-electron chi connectivity index (χ1n) is 13.4. The number of fused-ring (bicyclic) bond motifs is 11. The molecule has 0 unspecified atom stereocenters. The highest BCUT2D eigenvalue weighted by atomic mass is 32.1. The number of imidazole rings is 2. The fraction of sp³-hybridized carbons (Fsp3) is 0.250. The third-order valence-electron chi connectivity index (χ3n) is 8.02. The minimum atomic E-state index is 0.365. The summed E-state index contributed by atoms with van der Waals surface area (Å²) < 4.78 is 2.73. The average Bonchev–Trinajstić information content (AvgIpc) is 3.70. The zero-order valence-corrected chi connectivity index (χ0v) is 23.5. The van der Waals surface area contributed by atoms with Crippen molar-refractivity contribution in [3.8, 4) is 21.7 Å². The summed E-state index contributed by atoms with van der Waals surface area (Å²) in [5.74, 6) is 2.92. The molecule has 6 heteroatoms. The smallest absolute Gasteiger partial charge is 0.109 e.